The van der Waals surface area contributed by atoms with E-state index in [-0.39, 0.29) is 24.2 Å². The molecule has 1 heterocycles. The second-order valence-corrected chi connectivity index (χ2v) is 3.61. The standard InChI is InChI=1S/C9H14N2O3/c1-6-4-8(13)11(9(6)14)7(2)10(3)5-12/h5-7H,4H2,1-3H3. The fourth-order valence-electron chi connectivity index (χ4n) is 1.47. The van der Waals surface area contributed by atoms with E-state index in [0.717, 1.165) is 4.90 Å². The van der Waals surface area contributed by atoms with Gasteiger partial charge in [-0.3, -0.25) is 19.3 Å². The Bertz CT molecular complexity index is 277. The van der Waals surface area contributed by atoms with Crippen molar-refractivity contribution in [3.8, 4) is 0 Å². The molecule has 0 aromatic rings. The second-order valence-electron chi connectivity index (χ2n) is 3.61. The van der Waals surface area contributed by atoms with Crippen LogP contribution >= 0.6 is 0 Å². The number of rotatable bonds is 3. The summed E-state index contributed by atoms with van der Waals surface area (Å²) in [7, 11) is 1.54. The number of hydrogen-bond acceptors (Lipinski definition) is 3. The molecule has 0 spiro atoms. The van der Waals surface area contributed by atoms with E-state index in [4.69, 9.17) is 0 Å². The van der Waals surface area contributed by atoms with Gasteiger partial charge in [0.2, 0.25) is 18.2 Å². The molecule has 0 aliphatic carbocycles. The molecular formula is C9H14N2O3. The Morgan fingerprint density at radius 1 is 1.57 bits per heavy atom. The quantitative estimate of drug-likeness (QED) is 0.466. The lowest BCUT2D eigenvalue weighted by atomic mass is 10.1. The first kappa shape index (κ1) is 10.7. The van der Waals surface area contributed by atoms with Crippen molar-refractivity contribution in [2.24, 2.45) is 5.92 Å². The maximum Gasteiger partial charge on any atom is 0.234 e. The Labute approximate surface area is 82.7 Å². The highest BCUT2D eigenvalue weighted by atomic mass is 16.2. The molecular weight excluding hydrogens is 184 g/mol. The lowest BCUT2D eigenvalue weighted by molar-refractivity contribution is -0.146. The summed E-state index contributed by atoms with van der Waals surface area (Å²) >= 11 is 0. The van der Waals surface area contributed by atoms with E-state index in [1.807, 2.05) is 0 Å². The highest BCUT2D eigenvalue weighted by molar-refractivity contribution is 6.03. The van der Waals surface area contributed by atoms with Crippen LogP contribution in [0, 0.1) is 5.92 Å². The molecule has 1 fully saturated rings. The van der Waals surface area contributed by atoms with Crippen molar-refractivity contribution in [3.05, 3.63) is 0 Å². The first-order valence-corrected chi connectivity index (χ1v) is 4.52. The van der Waals surface area contributed by atoms with Gasteiger partial charge < -0.3 is 4.90 Å². The molecule has 2 atom stereocenters. The van der Waals surface area contributed by atoms with Crippen LogP contribution in [-0.4, -0.2) is 41.2 Å². The van der Waals surface area contributed by atoms with E-state index in [1.54, 1.807) is 20.9 Å². The molecule has 1 aliphatic rings. The van der Waals surface area contributed by atoms with E-state index < -0.39 is 6.17 Å². The van der Waals surface area contributed by atoms with Crippen molar-refractivity contribution in [2.75, 3.05) is 7.05 Å². The smallest absolute Gasteiger partial charge is 0.234 e. The van der Waals surface area contributed by atoms with Crippen LogP contribution in [0.25, 0.3) is 0 Å². The number of likely N-dealkylation sites (tertiary alicyclic amines) is 1. The van der Waals surface area contributed by atoms with Gasteiger partial charge in [-0.15, -0.1) is 0 Å². The highest BCUT2D eigenvalue weighted by Crippen LogP contribution is 2.21. The van der Waals surface area contributed by atoms with Gasteiger partial charge >= 0.3 is 0 Å². The average molecular weight is 198 g/mol. The van der Waals surface area contributed by atoms with Crippen LogP contribution in [-0.2, 0) is 14.4 Å². The zero-order chi connectivity index (χ0) is 10.9. The van der Waals surface area contributed by atoms with Gasteiger partial charge in [0.15, 0.2) is 0 Å². The van der Waals surface area contributed by atoms with Gasteiger partial charge in [-0.2, -0.15) is 0 Å². The Balaban J connectivity index is 2.82. The lowest BCUT2D eigenvalue weighted by Crippen LogP contribution is -2.47. The number of hydrogen-bond donors (Lipinski definition) is 0. The predicted molar refractivity (Wildman–Crippen MR) is 48.9 cm³/mol. The number of carbonyl (C=O) groups is 3. The molecule has 0 aromatic carbocycles. The van der Waals surface area contributed by atoms with Crippen molar-refractivity contribution < 1.29 is 14.4 Å². The summed E-state index contributed by atoms with van der Waals surface area (Å²) in [5.41, 5.74) is 0. The van der Waals surface area contributed by atoms with Crippen LogP contribution in [0.2, 0.25) is 0 Å². The van der Waals surface area contributed by atoms with Crippen LogP contribution < -0.4 is 0 Å². The lowest BCUT2D eigenvalue weighted by Gasteiger charge is -2.28. The van der Waals surface area contributed by atoms with Crippen molar-refractivity contribution in [2.45, 2.75) is 26.4 Å². The van der Waals surface area contributed by atoms with Gasteiger partial charge in [0.05, 0.1) is 0 Å². The fourth-order valence-corrected chi connectivity index (χ4v) is 1.47. The monoisotopic (exact) mass is 198 g/mol. The minimum atomic E-state index is -0.488. The minimum absolute atomic E-state index is 0.198. The van der Waals surface area contributed by atoms with Crippen molar-refractivity contribution >= 4 is 18.2 Å². The van der Waals surface area contributed by atoms with Gasteiger partial charge in [0.1, 0.15) is 6.17 Å². The van der Waals surface area contributed by atoms with E-state index in [2.05, 4.69) is 0 Å². The highest BCUT2D eigenvalue weighted by Gasteiger charge is 2.39. The van der Waals surface area contributed by atoms with Gasteiger partial charge in [0.25, 0.3) is 0 Å². The Morgan fingerprint density at radius 2 is 2.14 bits per heavy atom. The van der Waals surface area contributed by atoms with Gasteiger partial charge in [-0.05, 0) is 6.92 Å². The van der Waals surface area contributed by atoms with Crippen LogP contribution in [0.5, 0.6) is 0 Å². The van der Waals surface area contributed by atoms with Gasteiger partial charge in [-0.25, -0.2) is 0 Å². The van der Waals surface area contributed by atoms with E-state index in [0.29, 0.717) is 6.41 Å². The average Bonchev–Trinajstić information content (AvgIpc) is 2.39. The zero-order valence-corrected chi connectivity index (χ0v) is 8.56. The zero-order valence-electron chi connectivity index (χ0n) is 8.56. The van der Waals surface area contributed by atoms with E-state index in [9.17, 15) is 14.4 Å². The normalized spacial score (nSPS) is 23.9. The molecule has 78 valence electrons. The predicted octanol–water partition coefficient (Wildman–Crippen LogP) is -0.184. The molecule has 1 rings (SSSR count). The van der Waals surface area contributed by atoms with Gasteiger partial charge in [0, 0.05) is 19.4 Å². The molecule has 3 amide bonds. The molecule has 1 aliphatic heterocycles. The topological polar surface area (TPSA) is 57.7 Å². The molecule has 5 heteroatoms. The molecule has 0 bridgehead atoms. The summed E-state index contributed by atoms with van der Waals surface area (Å²) in [4.78, 5) is 35.9. The molecule has 2 unspecified atom stereocenters. The molecule has 14 heavy (non-hydrogen) atoms. The van der Waals surface area contributed by atoms with E-state index >= 15 is 0 Å². The number of nitrogens with zero attached hydrogens (tertiary/aromatic N) is 2. The Morgan fingerprint density at radius 3 is 2.50 bits per heavy atom. The van der Waals surface area contributed by atoms with Crippen LogP contribution in [0.1, 0.15) is 20.3 Å². The first-order chi connectivity index (χ1) is 6.49. The largest absolute Gasteiger partial charge is 0.328 e. The summed E-state index contributed by atoms with van der Waals surface area (Å²) in [5, 5.41) is 0. The molecule has 5 nitrogen and oxygen atoms in total. The molecule has 1 saturated heterocycles. The number of imide groups is 1. The third-order valence-corrected chi connectivity index (χ3v) is 2.54. The van der Waals surface area contributed by atoms with Crippen LogP contribution in [0.3, 0.4) is 0 Å². The van der Waals surface area contributed by atoms with Crippen LogP contribution in [0.15, 0.2) is 0 Å². The maximum atomic E-state index is 11.5. The maximum absolute atomic E-state index is 11.5. The van der Waals surface area contributed by atoms with Crippen molar-refractivity contribution in [1.82, 2.24) is 9.80 Å². The SMILES string of the molecule is CC1CC(=O)N(C(C)N(C)C=O)C1=O. The Kier molecular flexibility index (Phi) is 2.88. The summed E-state index contributed by atoms with van der Waals surface area (Å²) in [6, 6.07) is 0. The minimum Gasteiger partial charge on any atom is -0.328 e. The van der Waals surface area contributed by atoms with Crippen molar-refractivity contribution in [3.63, 3.8) is 0 Å². The first-order valence-electron chi connectivity index (χ1n) is 4.52. The Hall–Kier alpha value is -1.39. The third-order valence-electron chi connectivity index (χ3n) is 2.54. The molecule has 0 aromatic heterocycles. The molecule has 0 saturated carbocycles. The van der Waals surface area contributed by atoms with Gasteiger partial charge in [-0.1, -0.05) is 6.92 Å². The summed E-state index contributed by atoms with van der Waals surface area (Å²) < 4.78 is 0. The van der Waals surface area contributed by atoms with Crippen LogP contribution in [0.4, 0.5) is 0 Å². The van der Waals surface area contributed by atoms with Crippen molar-refractivity contribution in [1.29, 1.82) is 0 Å². The molecule has 0 N–H and O–H groups in total. The summed E-state index contributed by atoms with van der Waals surface area (Å²) in [6.45, 7) is 3.37. The summed E-state index contributed by atoms with van der Waals surface area (Å²) in [5.74, 6) is -0.662. The number of amides is 3. The second kappa shape index (κ2) is 3.77. The number of carbonyl (C=O) groups excluding carboxylic acids is 3. The van der Waals surface area contributed by atoms with E-state index in [1.165, 1.54) is 4.90 Å². The third kappa shape index (κ3) is 1.62. The fraction of sp³-hybridized carbons (Fsp3) is 0.667. The molecule has 0 radical (unpaired) electrons. The summed E-state index contributed by atoms with van der Waals surface area (Å²) in [6.07, 6.45) is 0.363.